The molecule has 0 saturated carbocycles. The van der Waals surface area contributed by atoms with Gasteiger partial charge in [0.2, 0.25) is 5.88 Å². The highest BCUT2D eigenvalue weighted by molar-refractivity contribution is 6.58. The predicted molar refractivity (Wildman–Crippen MR) is 96.4 cm³/mol. The van der Waals surface area contributed by atoms with E-state index in [1.165, 1.54) is 36.4 Å². The Morgan fingerprint density at radius 1 is 1.19 bits per heavy atom. The predicted octanol–water partition coefficient (Wildman–Crippen LogP) is 1.77. The highest BCUT2D eigenvalue weighted by atomic mass is 19.1. The van der Waals surface area contributed by atoms with Crippen LogP contribution in [0.15, 0.2) is 47.1 Å². The largest absolute Gasteiger partial charge is 0.478 e. The summed E-state index contributed by atoms with van der Waals surface area (Å²) in [7, 11) is 17.2. The molecular formula is C17H10B3FN2O4. The van der Waals surface area contributed by atoms with E-state index in [1.54, 1.807) is 0 Å². The molecule has 2 heterocycles. The van der Waals surface area contributed by atoms with Gasteiger partial charge in [-0.25, -0.2) is 14.2 Å². The molecule has 10 heteroatoms. The third-order valence-corrected chi connectivity index (χ3v) is 3.65. The number of carboxylic acids is 1. The summed E-state index contributed by atoms with van der Waals surface area (Å²) >= 11 is 0. The molecule has 2 aromatic heterocycles. The monoisotopic (exact) mass is 358 g/mol. The quantitative estimate of drug-likeness (QED) is 0.677. The van der Waals surface area contributed by atoms with E-state index in [0.717, 1.165) is 6.20 Å². The molecule has 0 atom stereocenters. The average Bonchev–Trinajstić information content (AvgIpc) is 3.05. The Morgan fingerprint density at radius 2 is 1.89 bits per heavy atom. The topological polar surface area (TPSA) is 85.5 Å². The van der Waals surface area contributed by atoms with Gasteiger partial charge in [-0.2, -0.15) is 0 Å². The highest BCUT2D eigenvalue weighted by Gasteiger charge is 2.26. The molecule has 3 rings (SSSR count). The molecule has 0 fully saturated rings. The van der Waals surface area contributed by atoms with Crippen molar-refractivity contribution in [1.82, 2.24) is 10.1 Å². The maximum atomic E-state index is 13.2. The van der Waals surface area contributed by atoms with Crippen LogP contribution in [0.2, 0.25) is 0 Å². The number of carbonyl (C=O) groups is 1. The number of nitrogens with zero attached hydrogens (tertiary/aromatic N) is 2. The van der Waals surface area contributed by atoms with E-state index in [-0.39, 0.29) is 23.8 Å². The van der Waals surface area contributed by atoms with Crippen LogP contribution in [0.1, 0.15) is 21.7 Å². The van der Waals surface area contributed by atoms with E-state index in [2.05, 4.69) is 10.1 Å². The number of pyridine rings is 1. The summed E-state index contributed by atoms with van der Waals surface area (Å²) < 4.78 is 23.9. The third kappa shape index (κ3) is 4.21. The highest BCUT2D eigenvalue weighted by Crippen LogP contribution is 2.30. The number of hydrogen-bond acceptors (Lipinski definition) is 5. The lowest BCUT2D eigenvalue weighted by Crippen LogP contribution is -2.28. The molecule has 0 unspecified atom stereocenters. The van der Waals surface area contributed by atoms with E-state index in [9.17, 15) is 9.18 Å². The number of halogens is 1. The van der Waals surface area contributed by atoms with Gasteiger partial charge < -0.3 is 14.4 Å². The van der Waals surface area contributed by atoms with Gasteiger partial charge in [0.1, 0.15) is 23.9 Å². The molecule has 128 valence electrons. The van der Waals surface area contributed by atoms with Crippen LogP contribution in [0.25, 0.3) is 11.3 Å². The molecular weight excluding hydrogens is 348 g/mol. The van der Waals surface area contributed by atoms with Crippen LogP contribution in [0, 0.1) is 5.82 Å². The van der Waals surface area contributed by atoms with Gasteiger partial charge in [0.25, 0.3) is 0 Å². The van der Waals surface area contributed by atoms with Crippen molar-refractivity contribution in [3.8, 4) is 17.1 Å². The van der Waals surface area contributed by atoms with Crippen LogP contribution in [-0.2, 0) is 11.7 Å². The van der Waals surface area contributed by atoms with E-state index < -0.39 is 16.9 Å². The smallest absolute Gasteiger partial charge is 0.337 e. The molecule has 1 aromatic carbocycles. The first-order valence-electron chi connectivity index (χ1n) is 7.69. The molecule has 0 bridgehead atoms. The fourth-order valence-electron chi connectivity index (χ4n) is 2.36. The van der Waals surface area contributed by atoms with E-state index in [0.29, 0.717) is 16.8 Å². The molecule has 0 spiro atoms. The lowest BCUT2D eigenvalue weighted by Gasteiger charge is -2.18. The molecule has 0 amide bonds. The van der Waals surface area contributed by atoms with Crippen molar-refractivity contribution in [1.29, 1.82) is 0 Å². The number of aromatic nitrogens is 2. The molecule has 3 aromatic rings. The van der Waals surface area contributed by atoms with Crippen molar-refractivity contribution in [3.63, 3.8) is 0 Å². The van der Waals surface area contributed by atoms with Crippen LogP contribution in [0.4, 0.5) is 4.39 Å². The number of hydrogen-bond donors (Lipinski definition) is 1. The van der Waals surface area contributed by atoms with Crippen LogP contribution in [-0.4, -0.2) is 44.8 Å². The van der Waals surface area contributed by atoms with Crippen molar-refractivity contribution in [2.45, 2.75) is 11.7 Å². The molecule has 0 saturated heterocycles. The van der Waals surface area contributed by atoms with Crippen molar-refractivity contribution in [3.05, 3.63) is 65.3 Å². The number of rotatable bonds is 6. The normalized spacial score (nSPS) is 11.3. The first-order chi connectivity index (χ1) is 12.8. The minimum atomic E-state index is -1.81. The summed E-state index contributed by atoms with van der Waals surface area (Å²) in [5.74, 6) is -1.36. The number of ether oxygens (including phenoxy) is 1. The maximum absolute atomic E-state index is 13.2. The summed E-state index contributed by atoms with van der Waals surface area (Å²) in [6.45, 7) is -0.113. The lowest BCUT2D eigenvalue weighted by atomic mass is 9.41. The number of aromatic carboxylic acids is 1. The number of benzene rings is 1. The van der Waals surface area contributed by atoms with E-state index in [4.69, 9.17) is 37.9 Å². The van der Waals surface area contributed by atoms with Gasteiger partial charge in [0, 0.05) is 17.8 Å². The van der Waals surface area contributed by atoms with Gasteiger partial charge in [-0.05, 0) is 30.3 Å². The average molecular weight is 358 g/mol. The van der Waals surface area contributed by atoms with Gasteiger partial charge in [-0.15, -0.1) is 0 Å². The minimum absolute atomic E-state index is 0.0102. The van der Waals surface area contributed by atoms with Crippen molar-refractivity contribution >= 4 is 29.5 Å². The van der Waals surface area contributed by atoms with Crippen molar-refractivity contribution in [2.24, 2.45) is 0 Å². The Bertz CT molecular complexity index is 954. The summed E-state index contributed by atoms with van der Waals surface area (Å²) in [6, 6.07) is 8.29. The van der Waals surface area contributed by atoms with Crippen LogP contribution in [0.5, 0.6) is 5.88 Å². The molecule has 0 aliphatic heterocycles. The third-order valence-electron chi connectivity index (χ3n) is 3.65. The molecule has 1 N–H and O–H groups in total. The second kappa shape index (κ2) is 7.30. The SMILES string of the molecule is [B]C([B])([B])c1onc(-c2ccc(F)cc2)c1COc1ccc(C(=O)O)cn1. The Labute approximate surface area is 158 Å². The summed E-state index contributed by atoms with van der Waals surface area (Å²) in [4.78, 5) is 14.8. The van der Waals surface area contributed by atoms with Crippen molar-refractivity contribution < 1.29 is 23.6 Å². The number of carboxylic acid groups (broad SMARTS) is 1. The maximum Gasteiger partial charge on any atom is 0.337 e. The van der Waals surface area contributed by atoms with Crippen LogP contribution in [0.3, 0.4) is 0 Å². The minimum Gasteiger partial charge on any atom is -0.478 e. The first-order valence-corrected chi connectivity index (χ1v) is 7.69. The van der Waals surface area contributed by atoms with Gasteiger partial charge in [-0.1, -0.05) is 10.3 Å². The Morgan fingerprint density at radius 3 is 2.44 bits per heavy atom. The molecule has 0 aliphatic carbocycles. The van der Waals surface area contributed by atoms with Gasteiger partial charge in [-0.3, -0.25) is 0 Å². The zero-order valence-electron chi connectivity index (χ0n) is 13.9. The Balaban J connectivity index is 1.91. The lowest BCUT2D eigenvalue weighted by molar-refractivity contribution is 0.0696. The van der Waals surface area contributed by atoms with Gasteiger partial charge in [0.15, 0.2) is 0 Å². The van der Waals surface area contributed by atoms with E-state index >= 15 is 0 Å². The Hall–Kier alpha value is -3.03. The molecule has 6 radical (unpaired) electrons. The van der Waals surface area contributed by atoms with Crippen LogP contribution < -0.4 is 4.74 Å². The molecule has 27 heavy (non-hydrogen) atoms. The zero-order chi connectivity index (χ0) is 19.6. The second-order valence-corrected chi connectivity index (χ2v) is 5.76. The van der Waals surface area contributed by atoms with Gasteiger partial charge >= 0.3 is 5.97 Å². The molecule has 0 aliphatic rings. The second-order valence-electron chi connectivity index (χ2n) is 5.76. The fourth-order valence-corrected chi connectivity index (χ4v) is 2.36. The summed E-state index contributed by atoms with van der Waals surface area (Å²) in [5.41, 5.74) is 1.25. The standard InChI is InChI=1S/C17H10B3FN2O4/c18-17(19,20)15-12(8-26-13-6-3-10(7-22-13)16(24)25)14(23-27-15)9-1-4-11(21)5-2-9/h1-7H,8H2,(H,24,25). The zero-order valence-corrected chi connectivity index (χ0v) is 13.9. The Kier molecular flexibility index (Phi) is 5.07. The molecule has 6 nitrogen and oxygen atoms in total. The van der Waals surface area contributed by atoms with E-state index in [1.807, 2.05) is 0 Å². The van der Waals surface area contributed by atoms with Gasteiger partial charge in [0.05, 0.1) is 34.7 Å². The van der Waals surface area contributed by atoms with Crippen molar-refractivity contribution in [2.75, 3.05) is 0 Å². The summed E-state index contributed by atoms with van der Waals surface area (Å²) in [5, 5.41) is 11.0. The fraction of sp³-hybridized carbons (Fsp3) is 0.118. The summed E-state index contributed by atoms with van der Waals surface area (Å²) in [6.07, 6.45) is 1.16. The van der Waals surface area contributed by atoms with Crippen LogP contribution >= 0.6 is 0 Å². The first kappa shape index (κ1) is 18.8.